The third-order valence-corrected chi connectivity index (χ3v) is 13.8. The van der Waals surface area contributed by atoms with Gasteiger partial charge in [-0.1, -0.05) is 54.4 Å². The first-order valence-corrected chi connectivity index (χ1v) is 17.5. The van der Waals surface area contributed by atoms with Gasteiger partial charge in [0.2, 0.25) is 5.91 Å². The topological polar surface area (TPSA) is 105 Å². The number of amides is 1. The number of hydrogen-bond acceptors (Lipinski definition) is 5. The molecule has 0 aromatic heterocycles. The molecule has 6 heteroatoms. The number of aliphatic hydroxyl groups is 1. The van der Waals surface area contributed by atoms with E-state index in [2.05, 4.69) is 51.8 Å². The molecule has 0 aromatic carbocycles. The molecule has 0 bridgehead atoms. The van der Waals surface area contributed by atoms with Gasteiger partial charge < -0.3 is 21.9 Å². The van der Waals surface area contributed by atoms with Gasteiger partial charge in [-0.05, 0) is 110 Å². The Balaban J connectivity index is 1.51. The lowest BCUT2D eigenvalue weighted by atomic mass is 9.37. The van der Waals surface area contributed by atoms with Crippen LogP contribution in [0.2, 0.25) is 0 Å². The Hall–Kier alpha value is -0.690. The molecule has 4 aliphatic carbocycles. The second kappa shape index (κ2) is 13.5. The Labute approximate surface area is 252 Å². The lowest BCUT2D eigenvalue weighted by molar-refractivity contribution is -0.203. The van der Waals surface area contributed by atoms with E-state index in [1.165, 1.54) is 51.4 Å². The number of nitrogens with zero attached hydrogens (tertiary/aromatic N) is 1. The van der Waals surface area contributed by atoms with Crippen molar-refractivity contribution in [1.82, 2.24) is 10.2 Å². The Morgan fingerprint density at radius 3 is 2.24 bits per heavy atom. The molecular weight excluding hydrogens is 508 g/mol. The number of aliphatic hydroxyl groups excluding tert-OH is 1. The minimum Gasteiger partial charge on any atom is -0.393 e. The van der Waals surface area contributed by atoms with E-state index in [-0.39, 0.29) is 12.0 Å². The van der Waals surface area contributed by atoms with E-state index in [1.54, 1.807) is 0 Å². The van der Waals surface area contributed by atoms with Crippen LogP contribution in [0.1, 0.15) is 112 Å². The summed E-state index contributed by atoms with van der Waals surface area (Å²) in [4.78, 5) is 16.2. The first-order chi connectivity index (χ1) is 19.4. The summed E-state index contributed by atoms with van der Waals surface area (Å²) in [5, 5.41) is 14.1. The molecular formula is C35H66N4O2. The number of carbonyl (C=O) groups excluding carboxylic acids is 1. The van der Waals surface area contributed by atoms with Gasteiger partial charge in [0, 0.05) is 45.2 Å². The van der Waals surface area contributed by atoms with Crippen LogP contribution in [0, 0.1) is 57.7 Å². The number of nitrogens with two attached hydrogens (primary N) is 2. The summed E-state index contributed by atoms with van der Waals surface area (Å²) in [6.45, 7) is 19.2. The fourth-order valence-electron chi connectivity index (χ4n) is 11.3. The number of nitrogens with one attached hydrogen (secondary N) is 1. The summed E-state index contributed by atoms with van der Waals surface area (Å²) < 4.78 is 0. The molecule has 1 amide bonds. The fourth-order valence-corrected chi connectivity index (χ4v) is 11.3. The largest absolute Gasteiger partial charge is 0.393 e. The van der Waals surface area contributed by atoms with Crippen LogP contribution in [-0.4, -0.2) is 61.3 Å². The van der Waals surface area contributed by atoms with Gasteiger partial charge in [-0.3, -0.25) is 9.69 Å². The summed E-state index contributed by atoms with van der Waals surface area (Å²) in [5.41, 5.74) is 12.6. The SMILES string of the molecule is CC(C)CCCC(C(=O)NCCN(CCN)CCN)[C@H]1CC[C@@]2(C)C1CCC1[C@@]3(C)CC[C@@H](O)[C@@H](C)C3CC[C@@]12C. The van der Waals surface area contributed by atoms with Crippen LogP contribution in [-0.2, 0) is 4.79 Å². The molecule has 4 aliphatic rings. The first kappa shape index (κ1) is 33.2. The highest BCUT2D eigenvalue weighted by molar-refractivity contribution is 5.79. The van der Waals surface area contributed by atoms with Gasteiger partial charge in [-0.2, -0.15) is 0 Å². The van der Waals surface area contributed by atoms with E-state index < -0.39 is 0 Å². The minimum atomic E-state index is -0.122. The molecule has 0 heterocycles. The molecule has 0 spiro atoms. The molecule has 0 saturated heterocycles. The first-order valence-electron chi connectivity index (χ1n) is 17.5. The predicted molar refractivity (Wildman–Crippen MR) is 170 cm³/mol. The Morgan fingerprint density at radius 1 is 0.902 bits per heavy atom. The number of rotatable bonds is 13. The van der Waals surface area contributed by atoms with Crippen molar-refractivity contribution < 1.29 is 9.90 Å². The van der Waals surface area contributed by atoms with Crippen molar-refractivity contribution in [2.45, 2.75) is 118 Å². The minimum absolute atomic E-state index is 0.120. The molecule has 238 valence electrons. The highest BCUT2D eigenvalue weighted by atomic mass is 16.3. The van der Waals surface area contributed by atoms with Crippen molar-refractivity contribution in [1.29, 1.82) is 0 Å². The van der Waals surface area contributed by atoms with Crippen LogP contribution in [0.3, 0.4) is 0 Å². The number of hydrogen-bond donors (Lipinski definition) is 4. The van der Waals surface area contributed by atoms with Crippen molar-refractivity contribution in [2.24, 2.45) is 69.1 Å². The van der Waals surface area contributed by atoms with E-state index in [1.807, 2.05) is 0 Å². The van der Waals surface area contributed by atoms with Crippen molar-refractivity contribution in [3.05, 3.63) is 0 Å². The summed E-state index contributed by atoms with van der Waals surface area (Å²) in [5.74, 6) is 4.01. The third-order valence-electron chi connectivity index (χ3n) is 13.8. The molecule has 10 atom stereocenters. The molecule has 6 nitrogen and oxygen atoms in total. The molecule has 0 aliphatic heterocycles. The smallest absolute Gasteiger partial charge is 0.223 e. The molecule has 41 heavy (non-hydrogen) atoms. The lowest BCUT2D eigenvalue weighted by Crippen LogP contribution is -2.62. The summed E-state index contributed by atoms with van der Waals surface area (Å²) in [6, 6.07) is 0. The van der Waals surface area contributed by atoms with E-state index in [9.17, 15) is 9.90 Å². The Bertz CT molecular complexity index is 861. The third kappa shape index (κ3) is 6.28. The monoisotopic (exact) mass is 575 g/mol. The van der Waals surface area contributed by atoms with Crippen molar-refractivity contribution >= 4 is 5.91 Å². The highest BCUT2D eigenvalue weighted by Gasteiger charge is 2.67. The number of fused-ring (bicyclic) bond motifs is 5. The molecule has 6 N–H and O–H groups in total. The van der Waals surface area contributed by atoms with Crippen molar-refractivity contribution in [3.63, 3.8) is 0 Å². The van der Waals surface area contributed by atoms with E-state index in [0.717, 1.165) is 44.8 Å². The molecule has 4 unspecified atom stereocenters. The normalized spacial score (nSPS) is 41.1. The fraction of sp³-hybridized carbons (Fsp3) is 0.971. The van der Waals surface area contributed by atoms with Crippen molar-refractivity contribution in [2.75, 3.05) is 39.3 Å². The lowest BCUT2D eigenvalue weighted by Gasteiger charge is -2.68. The average molecular weight is 575 g/mol. The Morgan fingerprint density at radius 2 is 1.59 bits per heavy atom. The molecule has 4 rings (SSSR count). The number of carbonyl (C=O) groups is 1. The van der Waals surface area contributed by atoms with Crippen LogP contribution >= 0.6 is 0 Å². The highest BCUT2D eigenvalue weighted by Crippen LogP contribution is 2.74. The molecule has 0 radical (unpaired) electrons. The summed E-state index contributed by atoms with van der Waals surface area (Å²) in [6.07, 6.45) is 13.0. The van der Waals surface area contributed by atoms with Gasteiger partial charge in [0.05, 0.1) is 6.10 Å². The quantitative estimate of drug-likeness (QED) is 0.235. The molecule has 4 saturated carbocycles. The maximum Gasteiger partial charge on any atom is 0.223 e. The zero-order valence-electron chi connectivity index (χ0n) is 27.6. The maximum atomic E-state index is 13.9. The molecule has 0 aromatic rings. The van der Waals surface area contributed by atoms with Gasteiger partial charge in [-0.25, -0.2) is 0 Å². The van der Waals surface area contributed by atoms with E-state index >= 15 is 0 Å². The summed E-state index contributed by atoms with van der Waals surface area (Å²) >= 11 is 0. The van der Waals surface area contributed by atoms with Crippen LogP contribution < -0.4 is 16.8 Å². The van der Waals surface area contributed by atoms with Gasteiger partial charge in [0.1, 0.15) is 0 Å². The molecule has 4 fully saturated rings. The average Bonchev–Trinajstić information content (AvgIpc) is 3.27. The van der Waals surface area contributed by atoms with Crippen LogP contribution in [0.25, 0.3) is 0 Å². The van der Waals surface area contributed by atoms with Crippen LogP contribution in [0.5, 0.6) is 0 Å². The van der Waals surface area contributed by atoms with Crippen LogP contribution in [0.15, 0.2) is 0 Å². The van der Waals surface area contributed by atoms with E-state index in [4.69, 9.17) is 11.5 Å². The van der Waals surface area contributed by atoms with Crippen LogP contribution in [0.4, 0.5) is 0 Å². The second-order valence-corrected chi connectivity index (χ2v) is 16.0. The van der Waals surface area contributed by atoms with Gasteiger partial charge in [0.15, 0.2) is 0 Å². The summed E-state index contributed by atoms with van der Waals surface area (Å²) in [7, 11) is 0. The zero-order chi connectivity index (χ0) is 30.0. The zero-order valence-corrected chi connectivity index (χ0v) is 27.6. The van der Waals surface area contributed by atoms with E-state index in [0.29, 0.717) is 71.4 Å². The second-order valence-electron chi connectivity index (χ2n) is 16.0. The predicted octanol–water partition coefficient (Wildman–Crippen LogP) is 5.42. The van der Waals surface area contributed by atoms with Gasteiger partial charge in [0.25, 0.3) is 0 Å². The maximum absolute atomic E-state index is 13.9. The van der Waals surface area contributed by atoms with Gasteiger partial charge in [-0.15, -0.1) is 0 Å². The standard InChI is InChI=1S/C35H66N4O2/c1-24(2)8-7-9-27(32(41)38-20-23-39(21-18-36)22-19-37)26-12-16-34(5)29(26)10-11-31-33(4)15-14-30(40)25(3)28(33)13-17-35(31,34)6/h24-31,40H,7-23,36-37H2,1-6H3,(H,38,41)/t25-,26+,27?,28?,29?,30+,31?,33-,34-,35-/m0/s1. The van der Waals surface area contributed by atoms with Crippen molar-refractivity contribution in [3.8, 4) is 0 Å². The Kier molecular flexibility index (Phi) is 11.0. The van der Waals surface area contributed by atoms with Gasteiger partial charge >= 0.3 is 0 Å².